The molecule has 0 atom stereocenters. The molecule has 7 heteroatoms. The number of aliphatic imine (C=N–C) groups is 2. The molecule has 0 saturated carbocycles. The molecule has 0 fully saturated rings. The number of aromatic hydroxyl groups is 2. The first-order valence-corrected chi connectivity index (χ1v) is 10.8. The zero-order chi connectivity index (χ0) is 24.6. The van der Waals surface area contributed by atoms with Crippen LogP contribution in [-0.2, 0) is 0 Å². The highest BCUT2D eigenvalue weighted by Crippen LogP contribution is 2.30. The van der Waals surface area contributed by atoms with E-state index in [9.17, 15) is 10.2 Å². The molecule has 4 aromatic carbocycles. The van der Waals surface area contributed by atoms with E-state index in [4.69, 9.17) is 14.2 Å². The van der Waals surface area contributed by atoms with Gasteiger partial charge in [-0.05, 0) is 72.8 Å². The third-order valence-corrected chi connectivity index (χ3v) is 5.11. The molecular weight excluding hydrogens is 444 g/mol. The van der Waals surface area contributed by atoms with Crippen LogP contribution in [0.1, 0.15) is 11.1 Å². The van der Waals surface area contributed by atoms with Crippen molar-refractivity contribution in [2.45, 2.75) is 0 Å². The van der Waals surface area contributed by atoms with E-state index in [1.165, 1.54) is 14.2 Å². The van der Waals surface area contributed by atoms with Gasteiger partial charge in [0.25, 0.3) is 0 Å². The van der Waals surface area contributed by atoms with Crippen molar-refractivity contribution < 1.29 is 24.4 Å². The minimum Gasteiger partial charge on any atom is -0.504 e. The van der Waals surface area contributed by atoms with E-state index < -0.39 is 0 Å². The van der Waals surface area contributed by atoms with Crippen LogP contribution in [0.15, 0.2) is 94.9 Å². The van der Waals surface area contributed by atoms with Crippen molar-refractivity contribution in [3.63, 3.8) is 0 Å². The Kier molecular flexibility index (Phi) is 7.28. The highest BCUT2D eigenvalue weighted by Gasteiger charge is 2.06. The fourth-order valence-corrected chi connectivity index (χ4v) is 3.24. The number of benzene rings is 4. The summed E-state index contributed by atoms with van der Waals surface area (Å²) in [5.41, 5.74) is 2.55. The van der Waals surface area contributed by atoms with Crippen LogP contribution >= 0.6 is 0 Å². The van der Waals surface area contributed by atoms with E-state index in [1.807, 2.05) is 48.5 Å². The molecule has 4 rings (SSSR count). The molecule has 0 saturated heterocycles. The number of rotatable bonds is 8. The molecule has 7 nitrogen and oxygen atoms in total. The summed E-state index contributed by atoms with van der Waals surface area (Å²) in [6, 6.07) is 25.0. The number of nitrogens with zero attached hydrogens (tertiary/aromatic N) is 2. The average molecular weight is 469 g/mol. The van der Waals surface area contributed by atoms with E-state index >= 15 is 0 Å². The van der Waals surface area contributed by atoms with Crippen LogP contribution in [0.25, 0.3) is 0 Å². The Labute approximate surface area is 203 Å². The molecule has 0 amide bonds. The monoisotopic (exact) mass is 468 g/mol. The predicted octanol–water partition coefficient (Wildman–Crippen LogP) is 6.41. The Balaban J connectivity index is 1.39. The predicted molar refractivity (Wildman–Crippen MR) is 137 cm³/mol. The van der Waals surface area contributed by atoms with E-state index in [0.29, 0.717) is 45.5 Å². The van der Waals surface area contributed by atoms with Gasteiger partial charge in [-0.3, -0.25) is 9.98 Å². The number of para-hydroxylation sites is 2. The normalized spacial score (nSPS) is 11.1. The molecule has 35 heavy (non-hydrogen) atoms. The molecule has 0 aliphatic heterocycles. The average Bonchev–Trinajstić information content (AvgIpc) is 2.89. The first-order chi connectivity index (χ1) is 17.1. The highest BCUT2D eigenvalue weighted by atomic mass is 16.5. The lowest BCUT2D eigenvalue weighted by molar-refractivity contribution is 0.373. The van der Waals surface area contributed by atoms with E-state index in [1.54, 1.807) is 48.8 Å². The lowest BCUT2D eigenvalue weighted by Gasteiger charge is -2.07. The molecule has 0 bridgehead atoms. The lowest BCUT2D eigenvalue weighted by atomic mass is 10.2. The van der Waals surface area contributed by atoms with Gasteiger partial charge in [-0.2, -0.15) is 0 Å². The number of methoxy groups -OCH3 is 2. The molecule has 4 aromatic rings. The van der Waals surface area contributed by atoms with Gasteiger partial charge in [0, 0.05) is 23.6 Å². The fourth-order valence-electron chi connectivity index (χ4n) is 3.24. The van der Waals surface area contributed by atoms with Crippen molar-refractivity contribution >= 4 is 23.8 Å². The summed E-state index contributed by atoms with van der Waals surface area (Å²) in [5.74, 6) is 2.20. The van der Waals surface area contributed by atoms with Crippen molar-refractivity contribution in [2.24, 2.45) is 9.98 Å². The van der Waals surface area contributed by atoms with Crippen molar-refractivity contribution in [1.82, 2.24) is 0 Å². The molecule has 0 heterocycles. The smallest absolute Gasteiger partial charge is 0.166 e. The maximum absolute atomic E-state index is 10.2. The van der Waals surface area contributed by atoms with Gasteiger partial charge in [0.1, 0.15) is 11.5 Å². The van der Waals surface area contributed by atoms with Crippen LogP contribution in [0, 0.1) is 0 Å². The van der Waals surface area contributed by atoms with Crippen molar-refractivity contribution in [1.29, 1.82) is 0 Å². The summed E-state index contributed by atoms with van der Waals surface area (Å²) >= 11 is 0. The third-order valence-electron chi connectivity index (χ3n) is 5.11. The summed E-state index contributed by atoms with van der Waals surface area (Å²) < 4.78 is 16.1. The van der Waals surface area contributed by atoms with E-state index in [-0.39, 0.29) is 11.5 Å². The Hall–Kier alpha value is -4.78. The number of phenolic OH excluding ortho intramolecular Hbond substituents is 2. The molecule has 0 radical (unpaired) electrons. The van der Waals surface area contributed by atoms with Crippen LogP contribution in [0.3, 0.4) is 0 Å². The van der Waals surface area contributed by atoms with Gasteiger partial charge >= 0.3 is 0 Å². The van der Waals surface area contributed by atoms with Crippen LogP contribution in [-0.4, -0.2) is 36.9 Å². The van der Waals surface area contributed by atoms with Gasteiger partial charge in [-0.15, -0.1) is 0 Å². The molecule has 176 valence electrons. The fraction of sp³-hybridized carbons (Fsp3) is 0.0714. The van der Waals surface area contributed by atoms with Gasteiger partial charge in [0.15, 0.2) is 23.0 Å². The van der Waals surface area contributed by atoms with E-state index in [0.717, 1.165) is 0 Å². The minimum atomic E-state index is 0.0479. The Morgan fingerprint density at radius 3 is 1.34 bits per heavy atom. The number of phenols is 2. The van der Waals surface area contributed by atoms with Gasteiger partial charge in [-0.1, -0.05) is 12.1 Å². The second-order valence-electron chi connectivity index (χ2n) is 7.40. The van der Waals surface area contributed by atoms with Crippen LogP contribution < -0.4 is 14.2 Å². The third kappa shape index (κ3) is 5.78. The second-order valence-corrected chi connectivity index (χ2v) is 7.40. The van der Waals surface area contributed by atoms with Crippen molar-refractivity contribution in [3.05, 3.63) is 96.1 Å². The zero-order valence-corrected chi connectivity index (χ0v) is 19.3. The molecule has 2 N–H and O–H groups in total. The van der Waals surface area contributed by atoms with Crippen molar-refractivity contribution in [2.75, 3.05) is 14.2 Å². The van der Waals surface area contributed by atoms with Crippen LogP contribution in [0.5, 0.6) is 34.5 Å². The first kappa shape index (κ1) is 23.4. The Morgan fingerprint density at radius 1 is 0.571 bits per heavy atom. The number of ether oxygens (including phenoxy) is 3. The number of hydrogen-bond donors (Lipinski definition) is 2. The zero-order valence-electron chi connectivity index (χ0n) is 19.3. The van der Waals surface area contributed by atoms with Gasteiger partial charge in [0.05, 0.1) is 25.6 Å². The second kappa shape index (κ2) is 10.9. The Bertz CT molecular complexity index is 1240. The van der Waals surface area contributed by atoms with E-state index in [2.05, 4.69) is 9.98 Å². The summed E-state index contributed by atoms with van der Waals surface area (Å²) in [6.07, 6.45) is 3.16. The lowest BCUT2D eigenvalue weighted by Crippen LogP contribution is -1.88. The molecular formula is C28H24N2O5. The largest absolute Gasteiger partial charge is 0.504 e. The summed E-state index contributed by atoms with van der Waals surface area (Å²) in [4.78, 5) is 8.79. The first-order valence-electron chi connectivity index (χ1n) is 10.8. The molecule has 0 aromatic heterocycles. The van der Waals surface area contributed by atoms with Gasteiger partial charge in [-0.25, -0.2) is 0 Å². The standard InChI is InChI=1S/C28H24N2O5/c1-33-25-7-3-5-19(27(25)31)17-29-21-9-13-23(14-10-21)35-24-15-11-22(12-16-24)30-18-20-6-4-8-26(34-2)28(20)32/h3-18,31-32H,1-2H3/b29-17+,30-18+. The topological polar surface area (TPSA) is 92.9 Å². The molecule has 0 aliphatic rings. The maximum Gasteiger partial charge on any atom is 0.166 e. The van der Waals surface area contributed by atoms with Crippen LogP contribution in [0.2, 0.25) is 0 Å². The minimum absolute atomic E-state index is 0.0479. The van der Waals surface area contributed by atoms with Gasteiger partial charge in [0.2, 0.25) is 0 Å². The highest BCUT2D eigenvalue weighted by molar-refractivity contribution is 5.87. The maximum atomic E-state index is 10.2. The van der Waals surface area contributed by atoms with Gasteiger partial charge < -0.3 is 24.4 Å². The van der Waals surface area contributed by atoms with Crippen molar-refractivity contribution in [3.8, 4) is 34.5 Å². The number of hydrogen-bond acceptors (Lipinski definition) is 7. The summed E-state index contributed by atoms with van der Waals surface area (Å²) in [7, 11) is 3.01. The Morgan fingerprint density at radius 2 is 0.971 bits per heavy atom. The summed E-state index contributed by atoms with van der Waals surface area (Å²) in [6.45, 7) is 0. The molecule has 0 spiro atoms. The quantitative estimate of drug-likeness (QED) is 0.292. The molecule has 0 unspecified atom stereocenters. The summed E-state index contributed by atoms with van der Waals surface area (Å²) in [5, 5.41) is 20.3. The molecule has 0 aliphatic carbocycles. The SMILES string of the molecule is COc1cccc(/C=N/c2ccc(Oc3ccc(/N=C/c4cccc(OC)c4O)cc3)cc2)c1O. The van der Waals surface area contributed by atoms with Crippen LogP contribution in [0.4, 0.5) is 11.4 Å².